The molecule has 4 rings (SSSR count). The molecule has 1 aliphatic rings. The van der Waals surface area contributed by atoms with Crippen molar-refractivity contribution in [1.82, 2.24) is 9.38 Å². The van der Waals surface area contributed by atoms with Crippen LogP contribution >= 0.6 is 11.6 Å². The van der Waals surface area contributed by atoms with Crippen LogP contribution in [0.3, 0.4) is 0 Å². The van der Waals surface area contributed by atoms with E-state index in [-0.39, 0.29) is 5.56 Å². The SMILES string of the molecule is CC1Cc2ccccc2N1Cc1cc(=O)n2cc(Cl)ccc2n1. The summed E-state index contributed by atoms with van der Waals surface area (Å²) in [6.07, 6.45) is 2.63. The summed E-state index contributed by atoms with van der Waals surface area (Å²) in [7, 11) is 0. The van der Waals surface area contributed by atoms with Crippen LogP contribution < -0.4 is 10.5 Å². The maximum absolute atomic E-state index is 12.3. The molecule has 1 aromatic carbocycles. The summed E-state index contributed by atoms with van der Waals surface area (Å²) in [5.41, 5.74) is 3.88. The fourth-order valence-electron chi connectivity index (χ4n) is 3.25. The van der Waals surface area contributed by atoms with Crippen molar-refractivity contribution in [2.24, 2.45) is 0 Å². The predicted molar refractivity (Wildman–Crippen MR) is 92.3 cm³/mol. The minimum absolute atomic E-state index is 0.104. The molecule has 1 aliphatic heterocycles. The maximum Gasteiger partial charge on any atom is 0.258 e. The van der Waals surface area contributed by atoms with Crippen LogP contribution in [0.25, 0.3) is 5.65 Å². The molecule has 0 spiro atoms. The molecule has 0 saturated heterocycles. The van der Waals surface area contributed by atoms with E-state index in [0.717, 1.165) is 12.1 Å². The quantitative estimate of drug-likeness (QED) is 0.725. The van der Waals surface area contributed by atoms with Gasteiger partial charge in [0.05, 0.1) is 17.3 Å². The average molecular weight is 326 g/mol. The molecular weight excluding hydrogens is 310 g/mol. The number of pyridine rings is 1. The second-order valence-electron chi connectivity index (χ2n) is 5.97. The molecule has 2 aromatic heterocycles. The lowest BCUT2D eigenvalue weighted by molar-refractivity contribution is 0.664. The summed E-state index contributed by atoms with van der Waals surface area (Å²) in [4.78, 5) is 19.2. The molecule has 23 heavy (non-hydrogen) atoms. The largest absolute Gasteiger partial charge is 0.362 e. The fourth-order valence-corrected chi connectivity index (χ4v) is 3.41. The van der Waals surface area contributed by atoms with Gasteiger partial charge in [0.15, 0.2) is 0 Å². The Hall–Kier alpha value is -2.33. The second kappa shape index (κ2) is 5.39. The molecule has 4 nitrogen and oxygen atoms in total. The highest BCUT2D eigenvalue weighted by Crippen LogP contribution is 2.32. The summed E-state index contributed by atoms with van der Waals surface area (Å²) in [5.74, 6) is 0. The summed E-state index contributed by atoms with van der Waals surface area (Å²) >= 11 is 5.95. The zero-order valence-corrected chi connectivity index (χ0v) is 13.5. The Morgan fingerprint density at radius 2 is 2.09 bits per heavy atom. The third-order valence-corrected chi connectivity index (χ3v) is 4.58. The average Bonchev–Trinajstić information content (AvgIpc) is 2.84. The molecule has 116 valence electrons. The first-order valence-electron chi connectivity index (χ1n) is 7.64. The highest BCUT2D eigenvalue weighted by molar-refractivity contribution is 6.30. The van der Waals surface area contributed by atoms with Gasteiger partial charge in [-0.2, -0.15) is 0 Å². The lowest BCUT2D eigenvalue weighted by Crippen LogP contribution is -2.30. The van der Waals surface area contributed by atoms with E-state index in [1.807, 2.05) is 0 Å². The number of hydrogen-bond donors (Lipinski definition) is 0. The molecule has 0 aliphatic carbocycles. The first-order valence-corrected chi connectivity index (χ1v) is 8.02. The first kappa shape index (κ1) is 14.3. The van der Waals surface area contributed by atoms with Crippen LogP contribution in [-0.2, 0) is 13.0 Å². The number of hydrogen-bond acceptors (Lipinski definition) is 3. The first-order chi connectivity index (χ1) is 11.1. The number of rotatable bonds is 2. The van der Waals surface area contributed by atoms with E-state index >= 15 is 0 Å². The Morgan fingerprint density at radius 1 is 1.26 bits per heavy atom. The summed E-state index contributed by atoms with van der Waals surface area (Å²) in [5, 5.41) is 0.524. The highest BCUT2D eigenvalue weighted by Gasteiger charge is 2.25. The number of halogens is 1. The van der Waals surface area contributed by atoms with Crippen LogP contribution in [0.4, 0.5) is 5.69 Å². The number of anilines is 1. The van der Waals surface area contributed by atoms with Crippen molar-refractivity contribution >= 4 is 22.9 Å². The Bertz CT molecular complexity index is 950. The van der Waals surface area contributed by atoms with Gasteiger partial charge >= 0.3 is 0 Å². The van der Waals surface area contributed by atoms with E-state index in [9.17, 15) is 4.79 Å². The molecule has 0 amide bonds. The lowest BCUT2D eigenvalue weighted by atomic mass is 10.1. The van der Waals surface area contributed by atoms with E-state index in [4.69, 9.17) is 11.6 Å². The number of aromatic nitrogens is 2. The Balaban J connectivity index is 1.74. The molecule has 1 unspecified atom stereocenters. The van der Waals surface area contributed by atoms with Crippen molar-refractivity contribution in [2.75, 3.05) is 4.90 Å². The molecule has 0 fully saturated rings. The Labute approximate surface area is 139 Å². The minimum atomic E-state index is -0.104. The second-order valence-corrected chi connectivity index (χ2v) is 6.41. The zero-order chi connectivity index (χ0) is 16.0. The Morgan fingerprint density at radius 3 is 2.96 bits per heavy atom. The van der Waals surface area contributed by atoms with Crippen LogP contribution in [0, 0.1) is 0 Å². The normalized spacial score (nSPS) is 16.8. The molecule has 0 N–H and O–H groups in total. The van der Waals surface area contributed by atoms with Crippen molar-refractivity contribution in [3.8, 4) is 0 Å². The van der Waals surface area contributed by atoms with Gasteiger partial charge < -0.3 is 4.90 Å². The fraction of sp³-hybridized carbons (Fsp3) is 0.222. The molecule has 1 atom stereocenters. The third kappa shape index (κ3) is 2.49. The van der Waals surface area contributed by atoms with E-state index < -0.39 is 0 Å². The molecule has 0 bridgehead atoms. The van der Waals surface area contributed by atoms with Crippen LogP contribution in [0.5, 0.6) is 0 Å². The van der Waals surface area contributed by atoms with Crippen LogP contribution in [-0.4, -0.2) is 15.4 Å². The van der Waals surface area contributed by atoms with Crippen molar-refractivity contribution in [2.45, 2.75) is 25.9 Å². The molecular formula is C18H16ClN3O. The van der Waals surface area contributed by atoms with Gasteiger partial charge in [0.25, 0.3) is 5.56 Å². The van der Waals surface area contributed by atoms with Crippen molar-refractivity contribution in [3.63, 3.8) is 0 Å². The monoisotopic (exact) mass is 325 g/mol. The van der Waals surface area contributed by atoms with Gasteiger partial charge in [-0.1, -0.05) is 29.8 Å². The topological polar surface area (TPSA) is 37.6 Å². The van der Waals surface area contributed by atoms with E-state index in [1.54, 1.807) is 24.4 Å². The van der Waals surface area contributed by atoms with Gasteiger partial charge in [0.2, 0.25) is 0 Å². The van der Waals surface area contributed by atoms with Gasteiger partial charge in [-0.25, -0.2) is 4.98 Å². The predicted octanol–water partition coefficient (Wildman–Crippen LogP) is 3.30. The minimum Gasteiger partial charge on any atom is -0.362 e. The van der Waals surface area contributed by atoms with Gasteiger partial charge in [-0.05, 0) is 37.1 Å². The van der Waals surface area contributed by atoms with Crippen LogP contribution in [0.1, 0.15) is 18.2 Å². The molecule has 0 saturated carbocycles. The number of nitrogens with zero attached hydrogens (tertiary/aromatic N) is 3. The van der Waals surface area contributed by atoms with Gasteiger partial charge in [0, 0.05) is 24.0 Å². The smallest absolute Gasteiger partial charge is 0.258 e. The molecule has 3 aromatic rings. The maximum atomic E-state index is 12.3. The summed E-state index contributed by atoms with van der Waals surface area (Å²) in [6, 6.07) is 13.9. The van der Waals surface area contributed by atoms with E-state index in [1.165, 1.54) is 15.7 Å². The summed E-state index contributed by atoms with van der Waals surface area (Å²) in [6.45, 7) is 2.83. The van der Waals surface area contributed by atoms with Gasteiger partial charge in [-0.15, -0.1) is 0 Å². The lowest BCUT2D eigenvalue weighted by Gasteiger charge is -2.24. The van der Waals surface area contributed by atoms with Crippen LogP contribution in [0.2, 0.25) is 5.02 Å². The standard InChI is InChI=1S/C18H16ClN3O/c1-12-8-13-4-2-3-5-16(13)21(12)11-15-9-18(23)22-10-14(19)6-7-17(22)20-15/h2-7,9-10,12H,8,11H2,1H3. The van der Waals surface area contributed by atoms with E-state index in [2.05, 4.69) is 41.1 Å². The van der Waals surface area contributed by atoms with Crippen molar-refractivity contribution in [3.05, 3.63) is 75.3 Å². The third-order valence-electron chi connectivity index (χ3n) is 4.36. The van der Waals surface area contributed by atoms with Crippen molar-refractivity contribution < 1.29 is 0 Å². The number of benzene rings is 1. The summed E-state index contributed by atoms with van der Waals surface area (Å²) < 4.78 is 1.48. The van der Waals surface area contributed by atoms with Gasteiger partial charge in [-0.3, -0.25) is 9.20 Å². The van der Waals surface area contributed by atoms with Crippen LogP contribution in [0.15, 0.2) is 53.5 Å². The van der Waals surface area contributed by atoms with Gasteiger partial charge in [0.1, 0.15) is 5.65 Å². The number of para-hydroxylation sites is 1. The molecule has 5 heteroatoms. The zero-order valence-electron chi connectivity index (χ0n) is 12.7. The Kier molecular flexibility index (Phi) is 3.34. The molecule has 0 radical (unpaired) electrons. The highest BCUT2D eigenvalue weighted by atomic mass is 35.5. The number of fused-ring (bicyclic) bond motifs is 2. The van der Waals surface area contributed by atoms with Crippen molar-refractivity contribution in [1.29, 1.82) is 0 Å². The van der Waals surface area contributed by atoms with E-state index in [0.29, 0.717) is 23.3 Å². The molecule has 3 heterocycles.